The van der Waals surface area contributed by atoms with Crippen molar-refractivity contribution >= 4 is 11.8 Å². The van der Waals surface area contributed by atoms with E-state index < -0.39 is 11.4 Å². The molecule has 0 saturated carbocycles. The number of nitrogens with two attached hydrogens (primary N) is 2. The van der Waals surface area contributed by atoms with Gasteiger partial charge in [-0.3, -0.25) is 9.59 Å². The largest absolute Gasteiger partial charge is 0.368 e. The lowest BCUT2D eigenvalue weighted by molar-refractivity contribution is -0.124. The second-order valence-corrected chi connectivity index (χ2v) is 4.73. The van der Waals surface area contributed by atoms with Crippen molar-refractivity contribution in [3.63, 3.8) is 0 Å². The minimum absolute atomic E-state index is 0.143. The molecule has 17 heavy (non-hydrogen) atoms. The van der Waals surface area contributed by atoms with E-state index in [1.165, 1.54) is 0 Å². The molecule has 100 valence electrons. The van der Waals surface area contributed by atoms with Crippen LogP contribution in [0.2, 0.25) is 0 Å². The lowest BCUT2D eigenvalue weighted by Crippen LogP contribution is -2.53. The first kappa shape index (κ1) is 15.9. The van der Waals surface area contributed by atoms with Gasteiger partial charge < -0.3 is 22.1 Å². The van der Waals surface area contributed by atoms with Crippen molar-refractivity contribution in [3.05, 3.63) is 0 Å². The van der Waals surface area contributed by atoms with Crippen molar-refractivity contribution in [1.29, 1.82) is 0 Å². The van der Waals surface area contributed by atoms with Gasteiger partial charge in [0, 0.05) is 0 Å². The van der Waals surface area contributed by atoms with Gasteiger partial charge in [0.15, 0.2) is 0 Å². The third-order valence-electron chi connectivity index (χ3n) is 3.18. The summed E-state index contributed by atoms with van der Waals surface area (Å²) >= 11 is 0. The Morgan fingerprint density at radius 2 is 1.82 bits per heavy atom. The predicted octanol–water partition coefficient (Wildman–Crippen LogP) is -1.06. The number of carbonyl (C=O) groups excluding carboxylic acids is 2. The van der Waals surface area contributed by atoms with Crippen molar-refractivity contribution < 1.29 is 9.59 Å². The highest BCUT2D eigenvalue weighted by Crippen LogP contribution is 2.20. The van der Waals surface area contributed by atoms with E-state index in [9.17, 15) is 9.59 Å². The quantitative estimate of drug-likeness (QED) is 0.436. The molecular formula is C11H24N4O2. The molecule has 0 rings (SSSR count). The van der Waals surface area contributed by atoms with Gasteiger partial charge in [-0.25, -0.2) is 0 Å². The molecule has 0 aliphatic carbocycles. The summed E-state index contributed by atoms with van der Waals surface area (Å²) in [4.78, 5) is 22.4. The standard InChI is InChI=1S/C11H24N4O2/c1-7(5-8(14-3)9(12)16)6-11(2,15-4)10(13)17/h7-8,14-15H,5-6H2,1-4H3,(H2,12,16)(H2,13,17). The average Bonchev–Trinajstić information content (AvgIpc) is 2.24. The number of nitrogens with one attached hydrogen (secondary N) is 2. The molecule has 0 aromatic heterocycles. The number of rotatable bonds is 8. The van der Waals surface area contributed by atoms with Crippen LogP contribution in [0.15, 0.2) is 0 Å². The Balaban J connectivity index is 4.48. The number of amides is 2. The van der Waals surface area contributed by atoms with Crippen molar-refractivity contribution in [2.75, 3.05) is 14.1 Å². The smallest absolute Gasteiger partial charge is 0.237 e. The van der Waals surface area contributed by atoms with Crippen molar-refractivity contribution in [3.8, 4) is 0 Å². The van der Waals surface area contributed by atoms with Gasteiger partial charge in [-0.2, -0.15) is 0 Å². The molecule has 6 N–H and O–H groups in total. The summed E-state index contributed by atoms with van der Waals surface area (Å²) in [5, 5.41) is 5.77. The Hall–Kier alpha value is -1.14. The zero-order valence-corrected chi connectivity index (χ0v) is 11.0. The molecule has 0 heterocycles. The molecular weight excluding hydrogens is 220 g/mol. The fourth-order valence-corrected chi connectivity index (χ4v) is 1.88. The van der Waals surface area contributed by atoms with E-state index in [1.807, 2.05) is 6.92 Å². The average molecular weight is 244 g/mol. The van der Waals surface area contributed by atoms with Gasteiger partial charge in [-0.1, -0.05) is 6.92 Å². The van der Waals surface area contributed by atoms with Gasteiger partial charge >= 0.3 is 0 Å². The van der Waals surface area contributed by atoms with E-state index >= 15 is 0 Å². The van der Waals surface area contributed by atoms with Gasteiger partial charge in [0.25, 0.3) is 0 Å². The maximum absolute atomic E-state index is 11.3. The van der Waals surface area contributed by atoms with Crippen LogP contribution in [0.4, 0.5) is 0 Å². The summed E-state index contributed by atoms with van der Waals surface area (Å²) in [5.74, 6) is -0.638. The number of hydrogen-bond acceptors (Lipinski definition) is 4. The first-order chi connectivity index (χ1) is 7.76. The Kier molecular flexibility index (Phi) is 6.12. The summed E-state index contributed by atoms with van der Waals surface area (Å²) in [7, 11) is 3.38. The molecule has 3 atom stereocenters. The van der Waals surface area contributed by atoms with E-state index in [-0.39, 0.29) is 17.9 Å². The maximum atomic E-state index is 11.3. The molecule has 0 spiro atoms. The zero-order chi connectivity index (χ0) is 13.6. The maximum Gasteiger partial charge on any atom is 0.237 e. The molecule has 0 aliphatic heterocycles. The van der Waals surface area contributed by atoms with Crippen LogP contribution < -0.4 is 22.1 Å². The van der Waals surface area contributed by atoms with E-state index in [4.69, 9.17) is 11.5 Å². The van der Waals surface area contributed by atoms with Gasteiger partial charge in [0.05, 0.1) is 11.6 Å². The summed E-state index contributed by atoms with van der Waals surface area (Å²) in [5.41, 5.74) is 9.83. The third kappa shape index (κ3) is 4.70. The highest BCUT2D eigenvalue weighted by molar-refractivity contribution is 5.84. The SMILES string of the molecule is CNC(CC(C)CC(C)(NC)C(N)=O)C(N)=O. The number of hydrogen-bond donors (Lipinski definition) is 4. The van der Waals surface area contributed by atoms with E-state index in [0.717, 1.165) is 0 Å². The second-order valence-electron chi connectivity index (χ2n) is 4.73. The Bertz CT molecular complexity index is 283. The van der Waals surface area contributed by atoms with Crippen molar-refractivity contribution in [2.45, 2.75) is 38.3 Å². The molecule has 6 heteroatoms. The van der Waals surface area contributed by atoms with Crippen LogP contribution in [0, 0.1) is 5.92 Å². The van der Waals surface area contributed by atoms with Gasteiger partial charge in [-0.05, 0) is 39.8 Å². The molecule has 0 radical (unpaired) electrons. The highest BCUT2D eigenvalue weighted by Gasteiger charge is 2.31. The summed E-state index contributed by atoms with van der Waals surface area (Å²) in [6.45, 7) is 3.72. The second kappa shape index (κ2) is 6.56. The molecule has 0 bridgehead atoms. The summed E-state index contributed by atoms with van der Waals surface area (Å²) in [6, 6.07) is -0.376. The normalized spacial score (nSPS) is 18.1. The Morgan fingerprint density at radius 3 is 2.12 bits per heavy atom. The van der Waals surface area contributed by atoms with Crippen LogP contribution in [0.5, 0.6) is 0 Å². The van der Waals surface area contributed by atoms with Crippen LogP contribution in [-0.4, -0.2) is 37.5 Å². The monoisotopic (exact) mass is 244 g/mol. The molecule has 0 aromatic carbocycles. The Labute approximate surface area is 102 Å². The minimum atomic E-state index is -0.755. The fourth-order valence-electron chi connectivity index (χ4n) is 1.88. The first-order valence-electron chi connectivity index (χ1n) is 5.72. The number of primary amides is 2. The molecule has 0 aromatic rings. The molecule has 0 aliphatic rings. The van der Waals surface area contributed by atoms with Crippen LogP contribution in [0.25, 0.3) is 0 Å². The molecule has 6 nitrogen and oxygen atoms in total. The molecule has 2 amide bonds. The van der Waals surface area contributed by atoms with E-state index in [0.29, 0.717) is 12.8 Å². The first-order valence-corrected chi connectivity index (χ1v) is 5.72. The molecule has 3 unspecified atom stereocenters. The number of likely N-dealkylation sites (N-methyl/N-ethyl adjacent to an activating group) is 2. The Morgan fingerprint density at radius 1 is 1.29 bits per heavy atom. The van der Waals surface area contributed by atoms with Crippen LogP contribution >= 0.6 is 0 Å². The zero-order valence-electron chi connectivity index (χ0n) is 11.0. The lowest BCUT2D eigenvalue weighted by atomic mass is 9.86. The third-order valence-corrected chi connectivity index (χ3v) is 3.18. The van der Waals surface area contributed by atoms with Gasteiger partial charge in [0.2, 0.25) is 11.8 Å². The fraction of sp³-hybridized carbons (Fsp3) is 0.818. The topological polar surface area (TPSA) is 110 Å². The molecule has 0 fully saturated rings. The van der Waals surface area contributed by atoms with Crippen LogP contribution in [-0.2, 0) is 9.59 Å². The minimum Gasteiger partial charge on any atom is -0.368 e. The lowest BCUT2D eigenvalue weighted by Gasteiger charge is -2.29. The van der Waals surface area contributed by atoms with Crippen LogP contribution in [0.3, 0.4) is 0 Å². The predicted molar refractivity (Wildman–Crippen MR) is 67.1 cm³/mol. The van der Waals surface area contributed by atoms with Gasteiger partial charge in [-0.15, -0.1) is 0 Å². The van der Waals surface area contributed by atoms with E-state index in [1.54, 1.807) is 21.0 Å². The van der Waals surface area contributed by atoms with Gasteiger partial charge in [0.1, 0.15) is 0 Å². The van der Waals surface area contributed by atoms with Crippen LogP contribution in [0.1, 0.15) is 26.7 Å². The summed E-state index contributed by atoms with van der Waals surface area (Å²) < 4.78 is 0. The summed E-state index contributed by atoms with van der Waals surface area (Å²) in [6.07, 6.45) is 1.14. The van der Waals surface area contributed by atoms with Crippen molar-refractivity contribution in [1.82, 2.24) is 10.6 Å². The van der Waals surface area contributed by atoms with E-state index in [2.05, 4.69) is 10.6 Å². The molecule has 0 saturated heterocycles. The highest BCUT2D eigenvalue weighted by atomic mass is 16.2. The number of carbonyl (C=O) groups is 2. The van der Waals surface area contributed by atoms with Crippen molar-refractivity contribution in [2.24, 2.45) is 17.4 Å².